The number of alkyl halides is 3. The van der Waals surface area contributed by atoms with Gasteiger partial charge in [-0.2, -0.15) is 13.2 Å². The molecule has 0 aromatic carbocycles. The third kappa shape index (κ3) is 6.11. The van der Waals surface area contributed by atoms with Crippen molar-refractivity contribution in [2.24, 2.45) is 0 Å². The minimum atomic E-state index is -4.16. The van der Waals surface area contributed by atoms with Crippen LogP contribution in [0.3, 0.4) is 0 Å². The molecule has 1 heterocycles. The van der Waals surface area contributed by atoms with Crippen molar-refractivity contribution < 1.29 is 18.0 Å². The number of rotatable bonds is 5. The molecule has 0 aliphatic rings. The van der Waals surface area contributed by atoms with Gasteiger partial charge in [0.1, 0.15) is 5.15 Å². The van der Waals surface area contributed by atoms with E-state index in [2.05, 4.69) is 10.3 Å². The molecule has 0 spiro atoms. The molecule has 0 atom stereocenters. The van der Waals surface area contributed by atoms with Gasteiger partial charge in [-0.25, -0.2) is 4.98 Å². The molecule has 0 aliphatic heterocycles. The monoisotopic (exact) mass is 314 g/mol. The van der Waals surface area contributed by atoms with Crippen LogP contribution in [0.2, 0.25) is 10.2 Å². The van der Waals surface area contributed by atoms with E-state index in [1.165, 1.54) is 12.3 Å². The van der Waals surface area contributed by atoms with E-state index < -0.39 is 18.5 Å². The Morgan fingerprint density at radius 1 is 1.32 bits per heavy atom. The summed E-state index contributed by atoms with van der Waals surface area (Å²) in [5, 5.41) is 2.73. The molecule has 0 unspecified atom stereocenters. The molecule has 1 rings (SSSR count). The molecule has 19 heavy (non-hydrogen) atoms. The number of aromatic nitrogens is 1. The Morgan fingerprint density at radius 3 is 2.63 bits per heavy atom. The van der Waals surface area contributed by atoms with Crippen molar-refractivity contribution >= 4 is 29.1 Å². The summed E-state index contributed by atoms with van der Waals surface area (Å²) in [6, 6.07) is 1.30. The summed E-state index contributed by atoms with van der Waals surface area (Å²) in [5.74, 6) is -0.485. The molecule has 0 radical (unpaired) electrons. The van der Waals surface area contributed by atoms with Gasteiger partial charge in [0.05, 0.1) is 10.6 Å². The molecule has 0 fully saturated rings. The lowest BCUT2D eigenvalue weighted by Gasteiger charge is -2.08. The van der Waals surface area contributed by atoms with Gasteiger partial charge >= 0.3 is 6.18 Å². The summed E-state index contributed by atoms with van der Waals surface area (Å²) in [6.07, 6.45) is -3.57. The molecule has 1 amide bonds. The van der Waals surface area contributed by atoms with E-state index in [0.29, 0.717) is 0 Å². The molecule has 1 N–H and O–H groups in total. The zero-order chi connectivity index (χ0) is 14.5. The third-order valence-electron chi connectivity index (χ3n) is 2.24. The lowest BCUT2D eigenvalue weighted by molar-refractivity contribution is -0.135. The highest BCUT2D eigenvalue weighted by Crippen LogP contribution is 2.22. The summed E-state index contributed by atoms with van der Waals surface area (Å²) in [4.78, 5) is 15.4. The summed E-state index contributed by atoms with van der Waals surface area (Å²) in [6.45, 7) is 0.144. The highest BCUT2D eigenvalue weighted by atomic mass is 35.5. The number of hydrogen-bond acceptors (Lipinski definition) is 2. The Balaban J connectivity index is 2.38. The number of nitrogens with zero attached hydrogens (tertiary/aromatic N) is 1. The Bertz CT molecular complexity index is 452. The number of carbonyl (C=O) groups excluding carboxylic acids is 1. The fourth-order valence-electron chi connectivity index (χ4n) is 1.33. The number of carbonyl (C=O) groups is 1. The molecular formula is C11H11Cl2F3N2O. The second-order valence-corrected chi connectivity index (χ2v) is 4.61. The van der Waals surface area contributed by atoms with E-state index in [0.717, 1.165) is 0 Å². The van der Waals surface area contributed by atoms with Crippen molar-refractivity contribution in [3.63, 3.8) is 0 Å². The summed E-state index contributed by atoms with van der Waals surface area (Å²) >= 11 is 11.4. The molecule has 1 aromatic heterocycles. The Labute approximate surface area is 118 Å². The van der Waals surface area contributed by atoms with Crippen molar-refractivity contribution in [2.45, 2.75) is 25.4 Å². The van der Waals surface area contributed by atoms with Crippen LogP contribution in [-0.2, 0) is 0 Å². The standard InChI is InChI=1S/C11H11Cl2F3N2O/c12-8-6-18-9(13)5-7(8)10(19)17-4-2-1-3-11(14,15)16/h5-6H,1-4H2,(H,17,19). The van der Waals surface area contributed by atoms with Crippen LogP contribution in [0.25, 0.3) is 0 Å². The van der Waals surface area contributed by atoms with Gasteiger partial charge in [-0.15, -0.1) is 0 Å². The minimum Gasteiger partial charge on any atom is -0.352 e. The number of pyridine rings is 1. The van der Waals surface area contributed by atoms with Crippen LogP contribution >= 0.6 is 23.2 Å². The average Bonchev–Trinajstić information content (AvgIpc) is 2.30. The first-order valence-corrected chi connectivity index (χ1v) is 6.21. The maximum absolute atomic E-state index is 11.9. The first-order valence-electron chi connectivity index (χ1n) is 5.45. The van der Waals surface area contributed by atoms with Gasteiger partial charge in [0.25, 0.3) is 5.91 Å². The first-order chi connectivity index (χ1) is 8.79. The molecule has 8 heteroatoms. The minimum absolute atomic E-state index is 0.0331. The van der Waals surface area contributed by atoms with Gasteiger partial charge in [-0.05, 0) is 18.9 Å². The van der Waals surface area contributed by atoms with Gasteiger partial charge in [-0.1, -0.05) is 23.2 Å². The molecule has 1 aromatic rings. The fourth-order valence-corrected chi connectivity index (χ4v) is 1.68. The normalized spacial score (nSPS) is 11.4. The second-order valence-electron chi connectivity index (χ2n) is 3.82. The quantitative estimate of drug-likeness (QED) is 0.662. The van der Waals surface area contributed by atoms with Crippen LogP contribution in [0.5, 0.6) is 0 Å². The van der Waals surface area contributed by atoms with Gasteiger partial charge in [0.2, 0.25) is 0 Å². The highest BCUT2D eigenvalue weighted by Gasteiger charge is 2.25. The topological polar surface area (TPSA) is 42.0 Å². The molecule has 0 aliphatic carbocycles. The van der Waals surface area contributed by atoms with Crippen LogP contribution in [0.15, 0.2) is 12.3 Å². The zero-order valence-corrected chi connectivity index (χ0v) is 11.2. The SMILES string of the molecule is O=C(NCCCCC(F)(F)F)c1cc(Cl)ncc1Cl. The van der Waals surface area contributed by atoms with E-state index in [1.54, 1.807) is 0 Å². The molecule has 106 valence electrons. The Morgan fingerprint density at radius 2 is 2.00 bits per heavy atom. The van der Waals surface area contributed by atoms with Crippen LogP contribution in [-0.4, -0.2) is 23.6 Å². The van der Waals surface area contributed by atoms with Gasteiger partial charge in [0, 0.05) is 19.2 Å². The van der Waals surface area contributed by atoms with E-state index >= 15 is 0 Å². The van der Waals surface area contributed by atoms with Crippen LogP contribution < -0.4 is 5.32 Å². The number of amides is 1. The molecule has 0 saturated heterocycles. The molecule has 0 bridgehead atoms. The lowest BCUT2D eigenvalue weighted by atomic mass is 10.2. The van der Waals surface area contributed by atoms with E-state index in [1.807, 2.05) is 0 Å². The van der Waals surface area contributed by atoms with Gasteiger partial charge < -0.3 is 5.32 Å². The summed E-state index contributed by atoms with van der Waals surface area (Å²) in [7, 11) is 0. The van der Waals surface area contributed by atoms with E-state index in [-0.39, 0.29) is 35.1 Å². The second kappa shape index (κ2) is 6.96. The summed E-state index contributed by atoms with van der Waals surface area (Å²) < 4.78 is 35.6. The Hall–Kier alpha value is -1.01. The predicted octanol–water partition coefficient (Wildman–Crippen LogP) is 3.85. The zero-order valence-electron chi connectivity index (χ0n) is 9.73. The van der Waals surface area contributed by atoms with Crippen LogP contribution in [0, 0.1) is 0 Å². The fraction of sp³-hybridized carbons (Fsp3) is 0.455. The lowest BCUT2D eigenvalue weighted by Crippen LogP contribution is -2.25. The van der Waals surface area contributed by atoms with Crippen molar-refractivity contribution in [3.05, 3.63) is 28.0 Å². The van der Waals surface area contributed by atoms with Crippen LogP contribution in [0.1, 0.15) is 29.6 Å². The molecule has 3 nitrogen and oxygen atoms in total. The van der Waals surface area contributed by atoms with Crippen molar-refractivity contribution in [1.82, 2.24) is 10.3 Å². The predicted molar refractivity (Wildman–Crippen MR) is 66.5 cm³/mol. The average molecular weight is 315 g/mol. The van der Waals surface area contributed by atoms with Crippen molar-refractivity contribution in [2.75, 3.05) is 6.54 Å². The number of halogens is 5. The number of nitrogens with one attached hydrogen (secondary N) is 1. The number of unbranched alkanes of at least 4 members (excludes halogenated alkanes) is 1. The first kappa shape index (κ1) is 16.0. The van der Waals surface area contributed by atoms with Crippen molar-refractivity contribution in [1.29, 1.82) is 0 Å². The van der Waals surface area contributed by atoms with E-state index in [9.17, 15) is 18.0 Å². The van der Waals surface area contributed by atoms with Crippen LogP contribution in [0.4, 0.5) is 13.2 Å². The van der Waals surface area contributed by atoms with Gasteiger partial charge in [0.15, 0.2) is 0 Å². The highest BCUT2D eigenvalue weighted by molar-refractivity contribution is 6.35. The maximum atomic E-state index is 11.9. The van der Waals surface area contributed by atoms with Crippen molar-refractivity contribution in [3.8, 4) is 0 Å². The molecular weight excluding hydrogens is 304 g/mol. The maximum Gasteiger partial charge on any atom is 0.389 e. The van der Waals surface area contributed by atoms with E-state index in [4.69, 9.17) is 23.2 Å². The summed E-state index contributed by atoms with van der Waals surface area (Å²) in [5.41, 5.74) is 0.150. The third-order valence-corrected chi connectivity index (χ3v) is 2.75. The van der Waals surface area contributed by atoms with Gasteiger partial charge in [-0.3, -0.25) is 4.79 Å². The largest absolute Gasteiger partial charge is 0.389 e. The molecule has 0 saturated carbocycles. The Kier molecular flexibility index (Phi) is 5.87. The smallest absolute Gasteiger partial charge is 0.352 e. The number of hydrogen-bond donors (Lipinski definition) is 1.